The number of carbonyl (C=O) groups is 1. The molecule has 0 aliphatic carbocycles. The highest BCUT2D eigenvalue weighted by molar-refractivity contribution is 6.30. The standard InChI is InChI=1S/C15H21ClN2O2/c1-11(13-9-12(16)5-6-14(13)19)17(2)10-15(20)18-7-3-4-8-18/h5-6,9,11,19H,3-4,7-8,10H2,1-2H3. The van der Waals surface area contributed by atoms with Crippen molar-refractivity contribution in [2.75, 3.05) is 26.7 Å². The number of likely N-dealkylation sites (tertiary alicyclic amines) is 1. The van der Waals surface area contributed by atoms with E-state index in [0.29, 0.717) is 11.6 Å². The molecule has 0 radical (unpaired) electrons. The van der Waals surface area contributed by atoms with E-state index >= 15 is 0 Å². The highest BCUT2D eigenvalue weighted by Crippen LogP contribution is 2.30. The molecule has 5 heteroatoms. The molecule has 1 aromatic carbocycles. The molecule has 2 rings (SSSR count). The van der Waals surface area contributed by atoms with Crippen LogP contribution >= 0.6 is 11.6 Å². The van der Waals surface area contributed by atoms with Gasteiger partial charge in [-0.05, 0) is 45.0 Å². The van der Waals surface area contributed by atoms with Gasteiger partial charge in [0.05, 0.1) is 6.54 Å². The van der Waals surface area contributed by atoms with Gasteiger partial charge in [-0.15, -0.1) is 0 Å². The fraction of sp³-hybridized carbons (Fsp3) is 0.533. The molecule has 1 N–H and O–H groups in total. The van der Waals surface area contributed by atoms with Crippen molar-refractivity contribution in [1.82, 2.24) is 9.80 Å². The maximum absolute atomic E-state index is 12.1. The van der Waals surface area contributed by atoms with Crippen LogP contribution in [0.25, 0.3) is 0 Å². The Bertz CT molecular complexity index is 487. The van der Waals surface area contributed by atoms with Crippen LogP contribution in [0.15, 0.2) is 18.2 Å². The fourth-order valence-corrected chi connectivity index (χ4v) is 2.69. The van der Waals surface area contributed by atoms with Gasteiger partial charge in [-0.1, -0.05) is 11.6 Å². The topological polar surface area (TPSA) is 43.8 Å². The predicted octanol–water partition coefficient (Wildman–Crippen LogP) is 2.66. The summed E-state index contributed by atoms with van der Waals surface area (Å²) in [5, 5.41) is 10.5. The molecule has 20 heavy (non-hydrogen) atoms. The third-order valence-electron chi connectivity index (χ3n) is 3.94. The summed E-state index contributed by atoms with van der Waals surface area (Å²) in [7, 11) is 1.89. The number of halogens is 1. The second kappa shape index (κ2) is 6.46. The molecule has 0 bridgehead atoms. The van der Waals surface area contributed by atoms with Crippen LogP contribution in [-0.2, 0) is 4.79 Å². The van der Waals surface area contributed by atoms with Crippen molar-refractivity contribution in [3.8, 4) is 5.75 Å². The van der Waals surface area contributed by atoms with Crippen molar-refractivity contribution in [3.63, 3.8) is 0 Å². The summed E-state index contributed by atoms with van der Waals surface area (Å²) in [5.74, 6) is 0.362. The first-order chi connectivity index (χ1) is 9.49. The molecule has 1 unspecified atom stereocenters. The van der Waals surface area contributed by atoms with Gasteiger partial charge in [0, 0.05) is 29.7 Å². The molecule has 1 heterocycles. The number of phenolic OH excluding ortho intramolecular Hbond substituents is 1. The maximum atomic E-state index is 12.1. The number of phenols is 1. The zero-order chi connectivity index (χ0) is 14.7. The molecular weight excluding hydrogens is 276 g/mol. The number of rotatable bonds is 4. The quantitative estimate of drug-likeness (QED) is 0.929. The highest BCUT2D eigenvalue weighted by atomic mass is 35.5. The normalized spacial score (nSPS) is 16.7. The van der Waals surface area contributed by atoms with Crippen molar-refractivity contribution in [3.05, 3.63) is 28.8 Å². The number of benzene rings is 1. The number of nitrogens with zero attached hydrogens (tertiary/aromatic N) is 2. The second-order valence-electron chi connectivity index (χ2n) is 5.38. The predicted molar refractivity (Wildman–Crippen MR) is 80.0 cm³/mol. The summed E-state index contributed by atoms with van der Waals surface area (Å²) in [6.07, 6.45) is 2.19. The molecule has 1 aliphatic rings. The van der Waals surface area contributed by atoms with Gasteiger partial charge in [-0.25, -0.2) is 0 Å². The van der Waals surface area contributed by atoms with E-state index in [9.17, 15) is 9.90 Å². The lowest BCUT2D eigenvalue weighted by molar-refractivity contribution is -0.131. The van der Waals surface area contributed by atoms with Gasteiger partial charge in [0.2, 0.25) is 5.91 Å². The molecule has 0 aromatic heterocycles. The van der Waals surface area contributed by atoms with E-state index in [1.54, 1.807) is 18.2 Å². The Morgan fingerprint density at radius 1 is 1.45 bits per heavy atom. The van der Waals surface area contributed by atoms with Crippen molar-refractivity contribution in [2.24, 2.45) is 0 Å². The van der Waals surface area contributed by atoms with E-state index in [1.807, 2.05) is 23.8 Å². The molecule has 1 fully saturated rings. The minimum atomic E-state index is -0.0692. The summed E-state index contributed by atoms with van der Waals surface area (Å²) in [6.45, 7) is 4.04. The first kappa shape index (κ1) is 15.1. The van der Waals surface area contributed by atoms with Gasteiger partial charge >= 0.3 is 0 Å². The van der Waals surface area contributed by atoms with E-state index < -0.39 is 0 Å². The highest BCUT2D eigenvalue weighted by Gasteiger charge is 2.22. The van der Waals surface area contributed by atoms with Gasteiger partial charge < -0.3 is 10.0 Å². The largest absolute Gasteiger partial charge is 0.508 e. The van der Waals surface area contributed by atoms with E-state index in [4.69, 9.17) is 11.6 Å². The van der Waals surface area contributed by atoms with Crippen LogP contribution in [0.2, 0.25) is 5.02 Å². The number of hydrogen-bond donors (Lipinski definition) is 1. The zero-order valence-electron chi connectivity index (χ0n) is 12.0. The summed E-state index contributed by atoms with van der Waals surface area (Å²) in [6, 6.07) is 4.92. The minimum Gasteiger partial charge on any atom is -0.508 e. The summed E-state index contributed by atoms with van der Waals surface area (Å²) in [5.41, 5.74) is 0.745. The monoisotopic (exact) mass is 296 g/mol. The molecular formula is C15H21ClN2O2. The Balaban J connectivity index is 2.02. The number of amides is 1. The van der Waals surface area contributed by atoms with Gasteiger partial charge in [0.1, 0.15) is 5.75 Å². The van der Waals surface area contributed by atoms with E-state index in [0.717, 1.165) is 31.5 Å². The summed E-state index contributed by atoms with van der Waals surface area (Å²) >= 11 is 5.97. The van der Waals surface area contributed by atoms with Crippen molar-refractivity contribution in [2.45, 2.75) is 25.8 Å². The minimum absolute atomic E-state index is 0.0692. The lowest BCUT2D eigenvalue weighted by Gasteiger charge is -2.27. The third-order valence-corrected chi connectivity index (χ3v) is 4.18. The van der Waals surface area contributed by atoms with Crippen LogP contribution in [-0.4, -0.2) is 47.5 Å². The molecule has 4 nitrogen and oxygen atoms in total. The Labute approximate surface area is 124 Å². The molecule has 110 valence electrons. The maximum Gasteiger partial charge on any atom is 0.236 e. The Hall–Kier alpha value is -1.26. The number of hydrogen-bond acceptors (Lipinski definition) is 3. The lowest BCUT2D eigenvalue weighted by atomic mass is 10.1. The van der Waals surface area contributed by atoms with Crippen molar-refractivity contribution >= 4 is 17.5 Å². The molecule has 1 aliphatic heterocycles. The smallest absolute Gasteiger partial charge is 0.236 e. The summed E-state index contributed by atoms with van der Waals surface area (Å²) in [4.78, 5) is 16.0. The van der Waals surface area contributed by atoms with Crippen molar-refractivity contribution < 1.29 is 9.90 Å². The van der Waals surface area contributed by atoms with E-state index in [2.05, 4.69) is 0 Å². The van der Waals surface area contributed by atoms with Crippen LogP contribution in [0.1, 0.15) is 31.4 Å². The number of likely N-dealkylation sites (N-methyl/N-ethyl adjacent to an activating group) is 1. The zero-order valence-corrected chi connectivity index (χ0v) is 12.7. The lowest BCUT2D eigenvalue weighted by Crippen LogP contribution is -2.38. The van der Waals surface area contributed by atoms with Gasteiger partial charge in [-0.2, -0.15) is 0 Å². The second-order valence-corrected chi connectivity index (χ2v) is 5.82. The van der Waals surface area contributed by atoms with Crippen LogP contribution in [0.3, 0.4) is 0 Å². The van der Waals surface area contributed by atoms with E-state index in [1.165, 1.54) is 0 Å². The average molecular weight is 297 g/mol. The first-order valence-electron chi connectivity index (χ1n) is 6.95. The van der Waals surface area contributed by atoms with Crippen LogP contribution in [0.5, 0.6) is 5.75 Å². The van der Waals surface area contributed by atoms with Gasteiger partial charge in [0.25, 0.3) is 0 Å². The van der Waals surface area contributed by atoms with Crippen LogP contribution < -0.4 is 0 Å². The first-order valence-corrected chi connectivity index (χ1v) is 7.33. The molecule has 1 saturated heterocycles. The number of carbonyl (C=O) groups excluding carboxylic acids is 1. The molecule has 1 atom stereocenters. The van der Waals surface area contributed by atoms with Gasteiger partial charge in [0.15, 0.2) is 0 Å². The Morgan fingerprint density at radius 3 is 2.75 bits per heavy atom. The average Bonchev–Trinajstić information content (AvgIpc) is 2.94. The summed E-state index contributed by atoms with van der Waals surface area (Å²) < 4.78 is 0. The number of aromatic hydroxyl groups is 1. The Kier molecular flexibility index (Phi) is 4.89. The third kappa shape index (κ3) is 3.44. The fourth-order valence-electron chi connectivity index (χ4n) is 2.51. The SMILES string of the molecule is CC(c1cc(Cl)ccc1O)N(C)CC(=O)N1CCCC1. The van der Waals surface area contributed by atoms with Crippen molar-refractivity contribution in [1.29, 1.82) is 0 Å². The van der Waals surface area contributed by atoms with E-state index in [-0.39, 0.29) is 17.7 Å². The molecule has 1 aromatic rings. The van der Waals surface area contributed by atoms with Gasteiger partial charge in [-0.3, -0.25) is 9.69 Å². The Morgan fingerprint density at radius 2 is 2.10 bits per heavy atom. The molecule has 1 amide bonds. The van der Waals surface area contributed by atoms with Crippen LogP contribution in [0, 0.1) is 0 Å². The van der Waals surface area contributed by atoms with Crippen LogP contribution in [0.4, 0.5) is 0 Å². The molecule has 0 saturated carbocycles. The molecule has 0 spiro atoms.